The Morgan fingerprint density at radius 1 is 1.35 bits per heavy atom. The lowest BCUT2D eigenvalue weighted by atomic mass is 9.76. The zero-order valence-corrected chi connectivity index (χ0v) is 11.8. The molecule has 0 aromatic heterocycles. The van der Waals surface area contributed by atoms with E-state index in [0.29, 0.717) is 18.6 Å². The molecule has 3 N–H and O–H groups in total. The summed E-state index contributed by atoms with van der Waals surface area (Å²) in [7, 11) is 1.68. The van der Waals surface area contributed by atoms with Gasteiger partial charge >= 0.3 is 0 Å². The Balaban J connectivity index is 1.60. The highest BCUT2D eigenvalue weighted by atomic mass is 16.5. The molecule has 5 heteroatoms. The van der Waals surface area contributed by atoms with E-state index in [-0.39, 0.29) is 6.61 Å². The minimum Gasteiger partial charge on any atom is -0.497 e. The molecule has 0 unspecified atom stereocenters. The van der Waals surface area contributed by atoms with Gasteiger partial charge < -0.3 is 20.5 Å². The molecule has 20 heavy (non-hydrogen) atoms. The normalized spacial score (nSPS) is 21.2. The smallest absolute Gasteiger partial charge is 0.243 e. The summed E-state index contributed by atoms with van der Waals surface area (Å²) in [4.78, 5) is 10.5. The van der Waals surface area contributed by atoms with E-state index in [1.807, 2.05) is 12.1 Å². The fraction of sp³-hybridized carbons (Fsp3) is 0.533. The number of amides is 1. The second-order valence-electron chi connectivity index (χ2n) is 5.11. The molecule has 0 atom stereocenters. The second kappa shape index (κ2) is 7.26. The number of nitrogens with two attached hydrogens (primary N) is 1. The van der Waals surface area contributed by atoms with Crippen molar-refractivity contribution >= 4 is 5.91 Å². The van der Waals surface area contributed by atoms with Gasteiger partial charge in [0.05, 0.1) is 13.7 Å². The summed E-state index contributed by atoms with van der Waals surface area (Å²) in [6.07, 6.45) is 2.28. The molecule has 1 amide bonds. The monoisotopic (exact) mass is 278 g/mol. The lowest BCUT2D eigenvalue weighted by Crippen LogP contribution is -2.41. The van der Waals surface area contributed by atoms with Gasteiger partial charge in [0.2, 0.25) is 5.91 Å². The van der Waals surface area contributed by atoms with Crippen molar-refractivity contribution < 1.29 is 14.3 Å². The molecule has 1 saturated carbocycles. The molecular formula is C15H22N2O3. The van der Waals surface area contributed by atoms with Gasteiger partial charge in [-0.1, -0.05) is 12.1 Å². The molecule has 0 heterocycles. The molecule has 0 bridgehead atoms. The van der Waals surface area contributed by atoms with E-state index in [1.165, 1.54) is 5.56 Å². The van der Waals surface area contributed by atoms with Gasteiger partial charge in [-0.05, 0) is 36.5 Å². The Morgan fingerprint density at radius 3 is 2.65 bits per heavy atom. The number of nitrogens with one attached hydrogen (secondary N) is 1. The summed E-state index contributed by atoms with van der Waals surface area (Å²) in [5, 5.41) is 3.41. The average molecular weight is 278 g/mol. The molecule has 0 spiro atoms. The molecule has 2 rings (SSSR count). The van der Waals surface area contributed by atoms with Crippen LogP contribution in [0.3, 0.4) is 0 Å². The summed E-state index contributed by atoms with van der Waals surface area (Å²) < 4.78 is 10.3. The average Bonchev–Trinajstić information content (AvgIpc) is 2.40. The number of carbonyl (C=O) groups is 1. The third-order valence-corrected chi connectivity index (χ3v) is 3.65. The molecule has 1 aliphatic rings. The Kier molecular flexibility index (Phi) is 5.38. The van der Waals surface area contributed by atoms with Crippen molar-refractivity contribution in [3.05, 3.63) is 29.8 Å². The second-order valence-corrected chi connectivity index (χ2v) is 5.11. The molecule has 1 aliphatic carbocycles. The van der Waals surface area contributed by atoms with Crippen LogP contribution in [0.25, 0.3) is 0 Å². The SMILES string of the molecule is COc1ccc(C2CC(NCCOCC(N)=O)C2)cc1. The number of rotatable bonds is 8. The van der Waals surface area contributed by atoms with E-state index in [1.54, 1.807) is 7.11 Å². The Labute approximate surface area is 119 Å². The number of benzene rings is 1. The van der Waals surface area contributed by atoms with Crippen LogP contribution in [0.15, 0.2) is 24.3 Å². The van der Waals surface area contributed by atoms with Crippen LogP contribution in [-0.2, 0) is 9.53 Å². The maximum Gasteiger partial charge on any atom is 0.243 e. The molecule has 0 aliphatic heterocycles. The highest BCUT2D eigenvalue weighted by Crippen LogP contribution is 2.37. The topological polar surface area (TPSA) is 73.6 Å². The predicted octanol–water partition coefficient (Wildman–Crippen LogP) is 1.03. The minimum absolute atomic E-state index is 0.000813. The zero-order valence-electron chi connectivity index (χ0n) is 11.8. The molecule has 0 saturated heterocycles. The third kappa shape index (κ3) is 4.21. The number of hydrogen-bond donors (Lipinski definition) is 2. The van der Waals surface area contributed by atoms with Crippen LogP contribution in [0, 0.1) is 0 Å². The van der Waals surface area contributed by atoms with Crippen LogP contribution in [0.2, 0.25) is 0 Å². The molecule has 1 aromatic carbocycles. The van der Waals surface area contributed by atoms with E-state index in [2.05, 4.69) is 17.4 Å². The summed E-state index contributed by atoms with van der Waals surface area (Å²) >= 11 is 0. The minimum atomic E-state index is -0.423. The summed E-state index contributed by atoms with van der Waals surface area (Å²) in [5.74, 6) is 1.10. The van der Waals surface area contributed by atoms with Crippen LogP contribution >= 0.6 is 0 Å². The van der Waals surface area contributed by atoms with Crippen molar-refractivity contribution in [3.63, 3.8) is 0 Å². The van der Waals surface area contributed by atoms with Crippen molar-refractivity contribution in [2.24, 2.45) is 5.73 Å². The maximum absolute atomic E-state index is 10.5. The summed E-state index contributed by atoms with van der Waals surface area (Å²) in [5.41, 5.74) is 6.35. The van der Waals surface area contributed by atoms with E-state index in [9.17, 15) is 4.79 Å². The quantitative estimate of drug-likeness (QED) is 0.697. The van der Waals surface area contributed by atoms with Crippen molar-refractivity contribution in [1.82, 2.24) is 5.32 Å². The largest absolute Gasteiger partial charge is 0.497 e. The first-order valence-electron chi connectivity index (χ1n) is 6.92. The Morgan fingerprint density at radius 2 is 2.05 bits per heavy atom. The first-order chi connectivity index (χ1) is 9.69. The standard InChI is InChI=1S/C15H22N2O3/c1-19-14-4-2-11(3-5-14)12-8-13(9-12)17-6-7-20-10-15(16)18/h2-5,12-13,17H,6-10H2,1H3,(H2,16,18). The Bertz CT molecular complexity index is 427. The van der Waals surface area contributed by atoms with Gasteiger partial charge in [0.15, 0.2) is 0 Å². The van der Waals surface area contributed by atoms with Gasteiger partial charge in [-0.15, -0.1) is 0 Å². The number of methoxy groups -OCH3 is 1. The number of ether oxygens (including phenoxy) is 2. The summed E-state index contributed by atoms with van der Waals surface area (Å²) in [6.45, 7) is 1.28. The molecule has 1 fully saturated rings. The van der Waals surface area contributed by atoms with Crippen molar-refractivity contribution in [2.45, 2.75) is 24.8 Å². The van der Waals surface area contributed by atoms with Crippen molar-refractivity contribution in [2.75, 3.05) is 26.9 Å². The van der Waals surface area contributed by atoms with Gasteiger partial charge in [0.25, 0.3) is 0 Å². The number of hydrogen-bond acceptors (Lipinski definition) is 4. The van der Waals surface area contributed by atoms with Gasteiger partial charge in [-0.2, -0.15) is 0 Å². The van der Waals surface area contributed by atoms with Crippen LogP contribution in [0.1, 0.15) is 24.3 Å². The summed E-state index contributed by atoms with van der Waals surface area (Å²) in [6, 6.07) is 8.83. The molecule has 110 valence electrons. The Hall–Kier alpha value is -1.59. The fourth-order valence-corrected chi connectivity index (χ4v) is 2.44. The molecule has 5 nitrogen and oxygen atoms in total. The van der Waals surface area contributed by atoms with Crippen LogP contribution < -0.4 is 15.8 Å². The predicted molar refractivity (Wildman–Crippen MR) is 76.8 cm³/mol. The first kappa shape index (κ1) is 14.8. The van der Waals surface area contributed by atoms with E-state index in [4.69, 9.17) is 15.2 Å². The highest BCUT2D eigenvalue weighted by molar-refractivity contribution is 5.74. The molecule has 1 aromatic rings. The van der Waals surface area contributed by atoms with Gasteiger partial charge in [-0.3, -0.25) is 4.79 Å². The maximum atomic E-state index is 10.5. The number of carbonyl (C=O) groups excluding carboxylic acids is 1. The lowest BCUT2D eigenvalue weighted by Gasteiger charge is -2.36. The lowest BCUT2D eigenvalue weighted by molar-refractivity contribution is -0.122. The van der Waals surface area contributed by atoms with E-state index >= 15 is 0 Å². The molecular weight excluding hydrogens is 256 g/mol. The van der Waals surface area contributed by atoms with Gasteiger partial charge in [0.1, 0.15) is 12.4 Å². The first-order valence-corrected chi connectivity index (χ1v) is 6.92. The van der Waals surface area contributed by atoms with Gasteiger partial charge in [0, 0.05) is 12.6 Å². The number of primary amides is 1. The molecule has 0 radical (unpaired) electrons. The van der Waals surface area contributed by atoms with Crippen LogP contribution in [-0.4, -0.2) is 38.8 Å². The zero-order chi connectivity index (χ0) is 14.4. The van der Waals surface area contributed by atoms with E-state index < -0.39 is 5.91 Å². The highest BCUT2D eigenvalue weighted by Gasteiger charge is 2.29. The van der Waals surface area contributed by atoms with E-state index in [0.717, 1.165) is 25.1 Å². The fourth-order valence-electron chi connectivity index (χ4n) is 2.44. The van der Waals surface area contributed by atoms with Crippen molar-refractivity contribution in [1.29, 1.82) is 0 Å². The van der Waals surface area contributed by atoms with Crippen LogP contribution in [0.5, 0.6) is 5.75 Å². The van der Waals surface area contributed by atoms with Crippen LogP contribution in [0.4, 0.5) is 0 Å². The van der Waals surface area contributed by atoms with Crippen molar-refractivity contribution in [3.8, 4) is 5.75 Å². The van der Waals surface area contributed by atoms with Gasteiger partial charge in [-0.25, -0.2) is 0 Å². The third-order valence-electron chi connectivity index (χ3n) is 3.65.